The second-order valence-corrected chi connectivity index (χ2v) is 33.8. The Labute approximate surface area is 783 Å². The van der Waals surface area contributed by atoms with Gasteiger partial charge in [-0.05, 0) is 199 Å². The number of fused-ring (bicyclic) bond motifs is 10. The summed E-state index contributed by atoms with van der Waals surface area (Å²) in [7, 11) is 0. The first-order valence-electron chi connectivity index (χ1n) is 45.6. The van der Waals surface area contributed by atoms with Gasteiger partial charge in [0.15, 0.2) is 0 Å². The summed E-state index contributed by atoms with van der Waals surface area (Å²) in [5.74, 6) is 3.95. The number of nitrogens with zero attached hydrogens (tertiary/aromatic N) is 10. The molecular weight excluding hydrogens is 1640 g/mol. The lowest BCUT2D eigenvalue weighted by molar-refractivity contribution is 1.10. The molecule has 25 aromatic rings. The third-order valence-electron chi connectivity index (χ3n) is 24.7. The number of rotatable bonds is 10. The van der Waals surface area contributed by atoms with E-state index in [9.17, 15) is 0 Å². The summed E-state index contributed by atoms with van der Waals surface area (Å²) in [6, 6.07) is 159. The third kappa shape index (κ3) is 17.9. The van der Waals surface area contributed by atoms with Crippen molar-refractivity contribution in [2.24, 2.45) is 0 Å². The molecule has 0 aliphatic rings. The molecule has 135 heavy (non-hydrogen) atoms. The summed E-state index contributed by atoms with van der Waals surface area (Å²) in [4.78, 5) is 47.3. The topological polar surface area (TPSA) is 129 Å². The first-order valence-corrected chi connectivity index (χ1v) is 45.6. The molecule has 0 spiro atoms. The Morgan fingerprint density at radius 3 is 0.933 bits per heavy atom. The molecule has 0 aliphatic carbocycles. The minimum atomic E-state index is 0.787. The summed E-state index contributed by atoms with van der Waals surface area (Å²) in [6.45, 7) is 9.77. The molecule has 10 heteroatoms. The maximum Gasteiger partial charge on any atom is 0.126 e. The Balaban J connectivity index is 0.000000101. The highest BCUT2D eigenvalue weighted by atomic mass is 14.9. The van der Waals surface area contributed by atoms with Gasteiger partial charge in [-0.25, -0.2) is 49.8 Å². The molecule has 5 heterocycles. The molecular formula is C125H90N10. The monoisotopic (exact) mass is 1730 g/mol. The average molecular weight is 1730 g/mol. The molecule has 640 valence electrons. The van der Waals surface area contributed by atoms with Crippen LogP contribution in [0.3, 0.4) is 0 Å². The van der Waals surface area contributed by atoms with Crippen molar-refractivity contribution in [3.63, 3.8) is 0 Å². The Kier molecular flexibility index (Phi) is 23.6. The fourth-order valence-corrected chi connectivity index (χ4v) is 18.4. The molecule has 0 atom stereocenters. The Morgan fingerprint density at radius 2 is 0.430 bits per heavy atom. The normalized spacial score (nSPS) is 11.1. The first kappa shape index (κ1) is 84.3. The number of aryl methyl sites for hydroxylation is 5. The SMILES string of the molecule is Cc1nc(-c2ccccc2)c2c(-c3cccc4ccccc34)cccc2n1.Cc1nc(-c2ccccc2)c2cc(-c3ccc4ccccc4c3)ccc2n1.Cc1nc(-c2ccccc2)c2cc(-c3cccc4ccccc34)ccc2n1.Cc1nc(-c2ccccc2)c2ccc(-c3ccc4ccccc4c3)cc2n1.Cc1nc(-c2ccccc2)c2cccc(-c3ccc4ccccc4c3)c2n1. The zero-order chi connectivity index (χ0) is 91.1. The standard InChI is InChI=1S/5C25H18N2/c1-17-26-23-16-8-15-22(21-14-7-12-18-9-5-6-13-20(18)21)24(23)25(27-17)19-10-3-2-4-11-19;1-17-26-24-15-14-20(22-13-7-11-18-8-5-6-12-21(18)22)16-23(24)25(27-17)19-9-3-2-4-10-19;1-17-26-24(19-9-3-2-4-10-19)23-13-7-12-22(25(23)27-17)21-15-14-18-8-5-6-11-20(18)16-21;1-17-26-24-14-13-22(21-12-11-18-7-5-6-10-20(18)15-21)16-23(24)25(27-17)19-8-3-2-4-9-19;1-17-26-24-16-22(21-12-11-18-7-5-6-10-20(18)15-21)13-14-23(24)25(27-17)19-8-3-2-4-9-19/h5*2-16H,1H3. The zero-order valence-electron chi connectivity index (χ0n) is 75.3. The van der Waals surface area contributed by atoms with E-state index < -0.39 is 0 Å². The van der Waals surface area contributed by atoms with Crippen LogP contribution in [0.5, 0.6) is 0 Å². The maximum atomic E-state index is 4.83. The molecule has 0 saturated heterocycles. The lowest BCUT2D eigenvalue weighted by Crippen LogP contribution is -1.96. The van der Waals surface area contributed by atoms with E-state index in [1.165, 1.54) is 104 Å². The fourth-order valence-electron chi connectivity index (χ4n) is 18.4. The Bertz CT molecular complexity index is 8670. The third-order valence-corrected chi connectivity index (χ3v) is 24.7. The summed E-state index contributed by atoms with van der Waals surface area (Å²) in [5.41, 5.74) is 27.3. The van der Waals surface area contributed by atoms with Crippen LogP contribution in [0.15, 0.2) is 455 Å². The smallest absolute Gasteiger partial charge is 0.126 e. The van der Waals surface area contributed by atoms with Crippen molar-refractivity contribution in [1.82, 2.24) is 49.8 Å². The Hall–Kier alpha value is -17.6. The zero-order valence-corrected chi connectivity index (χ0v) is 75.3. The van der Waals surface area contributed by atoms with E-state index in [0.29, 0.717) is 0 Å². The van der Waals surface area contributed by atoms with Gasteiger partial charge in [-0.1, -0.05) is 394 Å². The number of hydrogen-bond acceptors (Lipinski definition) is 10. The van der Waals surface area contributed by atoms with Gasteiger partial charge in [0.2, 0.25) is 0 Å². The van der Waals surface area contributed by atoms with Gasteiger partial charge in [-0.3, -0.25) is 0 Å². The fraction of sp³-hybridized carbons (Fsp3) is 0.0400. The van der Waals surface area contributed by atoms with E-state index in [4.69, 9.17) is 39.9 Å². The lowest BCUT2D eigenvalue weighted by Gasteiger charge is -2.14. The summed E-state index contributed by atoms with van der Waals surface area (Å²) >= 11 is 0. The van der Waals surface area contributed by atoms with Crippen molar-refractivity contribution < 1.29 is 0 Å². The van der Waals surface area contributed by atoms with Crippen molar-refractivity contribution in [1.29, 1.82) is 0 Å². The van der Waals surface area contributed by atoms with E-state index in [0.717, 1.165) is 145 Å². The van der Waals surface area contributed by atoms with Crippen molar-refractivity contribution in [2.75, 3.05) is 0 Å². The van der Waals surface area contributed by atoms with Crippen LogP contribution in [-0.4, -0.2) is 49.8 Å². The molecule has 0 aliphatic heterocycles. The number of para-hydroxylation sites is 1. The van der Waals surface area contributed by atoms with Crippen molar-refractivity contribution in [2.45, 2.75) is 34.6 Å². The van der Waals surface area contributed by atoms with Gasteiger partial charge < -0.3 is 0 Å². The van der Waals surface area contributed by atoms with Crippen LogP contribution >= 0.6 is 0 Å². The van der Waals surface area contributed by atoms with Gasteiger partial charge in [-0.15, -0.1) is 0 Å². The van der Waals surface area contributed by atoms with Crippen LogP contribution in [-0.2, 0) is 0 Å². The molecule has 0 unspecified atom stereocenters. The molecule has 10 nitrogen and oxygen atoms in total. The number of benzene rings is 20. The van der Waals surface area contributed by atoms with Crippen LogP contribution in [0.1, 0.15) is 29.1 Å². The lowest BCUT2D eigenvalue weighted by atomic mass is 9.93. The van der Waals surface area contributed by atoms with Crippen LogP contribution in [0, 0.1) is 34.6 Å². The average Bonchev–Trinajstić information content (AvgIpc) is 0.770. The largest absolute Gasteiger partial charge is 0.233 e. The van der Waals surface area contributed by atoms with E-state index in [2.05, 4.69) is 386 Å². The molecule has 0 saturated carbocycles. The molecule has 0 bridgehead atoms. The van der Waals surface area contributed by atoms with Crippen LogP contribution < -0.4 is 0 Å². The molecule has 25 rings (SSSR count). The van der Waals surface area contributed by atoms with Crippen molar-refractivity contribution >= 4 is 108 Å². The quantitative estimate of drug-likeness (QED) is 0.130. The highest BCUT2D eigenvalue weighted by Gasteiger charge is 2.20. The molecule has 0 N–H and O–H groups in total. The summed E-state index contributed by atoms with van der Waals surface area (Å²) in [6.07, 6.45) is 0. The molecule has 20 aromatic carbocycles. The first-order chi connectivity index (χ1) is 66.4. The predicted molar refractivity (Wildman–Crippen MR) is 563 cm³/mol. The van der Waals surface area contributed by atoms with E-state index in [1.54, 1.807) is 0 Å². The van der Waals surface area contributed by atoms with E-state index in [1.807, 2.05) is 113 Å². The molecule has 5 aromatic heterocycles. The van der Waals surface area contributed by atoms with Gasteiger partial charge in [0.25, 0.3) is 0 Å². The van der Waals surface area contributed by atoms with Gasteiger partial charge in [0.05, 0.1) is 56.1 Å². The van der Waals surface area contributed by atoms with Crippen LogP contribution in [0.4, 0.5) is 0 Å². The van der Waals surface area contributed by atoms with Crippen LogP contribution in [0.2, 0.25) is 0 Å². The number of aromatic nitrogens is 10. The van der Waals surface area contributed by atoms with Crippen LogP contribution in [0.25, 0.3) is 220 Å². The number of hydrogen-bond donors (Lipinski definition) is 0. The summed E-state index contributed by atoms with van der Waals surface area (Å²) < 4.78 is 0. The molecule has 0 amide bonds. The van der Waals surface area contributed by atoms with Gasteiger partial charge >= 0.3 is 0 Å². The summed E-state index contributed by atoms with van der Waals surface area (Å²) in [5, 5.41) is 17.9. The van der Waals surface area contributed by atoms with Crippen molar-refractivity contribution in [3.05, 3.63) is 484 Å². The second-order valence-electron chi connectivity index (χ2n) is 33.8. The minimum Gasteiger partial charge on any atom is -0.233 e. The van der Waals surface area contributed by atoms with Gasteiger partial charge in [0, 0.05) is 60.3 Å². The minimum absolute atomic E-state index is 0.787. The van der Waals surface area contributed by atoms with E-state index >= 15 is 0 Å². The maximum absolute atomic E-state index is 4.83. The highest BCUT2D eigenvalue weighted by Crippen LogP contribution is 2.42. The van der Waals surface area contributed by atoms with E-state index in [-0.39, 0.29) is 0 Å². The molecule has 0 radical (unpaired) electrons. The highest BCUT2D eigenvalue weighted by molar-refractivity contribution is 6.10. The molecule has 0 fully saturated rings. The van der Waals surface area contributed by atoms with Crippen molar-refractivity contribution in [3.8, 4) is 112 Å². The van der Waals surface area contributed by atoms with Gasteiger partial charge in [-0.2, -0.15) is 0 Å². The second kappa shape index (κ2) is 37.8. The van der Waals surface area contributed by atoms with Gasteiger partial charge in [0.1, 0.15) is 29.1 Å². The Morgan fingerprint density at radius 1 is 0.133 bits per heavy atom. The predicted octanol–water partition coefficient (Wildman–Crippen LogP) is 32.1.